The fraction of sp³-hybridized carbons (Fsp3) is 0.316. The highest BCUT2D eigenvalue weighted by Gasteiger charge is 2.26. The Hall–Kier alpha value is -2.67. The number of ether oxygens (including phenoxy) is 1. The number of para-hydroxylation sites is 1. The fourth-order valence-electron chi connectivity index (χ4n) is 2.74. The van der Waals surface area contributed by atoms with E-state index in [4.69, 9.17) is 4.74 Å². The summed E-state index contributed by atoms with van der Waals surface area (Å²) in [6.07, 6.45) is 0. The number of thiophene rings is 1. The van der Waals surface area contributed by atoms with Gasteiger partial charge >= 0.3 is 5.97 Å². The SMILES string of the molecule is COC(=O)[C@H](NC(=O)c1cc2c(C)nn(-c3ccccc3)c2s1)C(C)C. The minimum Gasteiger partial charge on any atom is -0.467 e. The quantitative estimate of drug-likeness (QED) is 0.698. The second-order valence-electron chi connectivity index (χ2n) is 6.38. The molecule has 0 aliphatic heterocycles. The summed E-state index contributed by atoms with van der Waals surface area (Å²) in [6.45, 7) is 5.65. The van der Waals surface area contributed by atoms with Crippen molar-refractivity contribution in [2.75, 3.05) is 7.11 Å². The van der Waals surface area contributed by atoms with Gasteiger partial charge in [0, 0.05) is 5.39 Å². The van der Waals surface area contributed by atoms with E-state index in [-0.39, 0.29) is 11.8 Å². The Balaban J connectivity index is 1.94. The highest BCUT2D eigenvalue weighted by molar-refractivity contribution is 7.20. The van der Waals surface area contributed by atoms with Gasteiger partial charge in [-0.2, -0.15) is 5.10 Å². The number of benzene rings is 1. The monoisotopic (exact) mass is 371 g/mol. The van der Waals surface area contributed by atoms with Crippen LogP contribution in [0.15, 0.2) is 36.4 Å². The van der Waals surface area contributed by atoms with Crippen molar-refractivity contribution in [3.63, 3.8) is 0 Å². The number of fused-ring (bicyclic) bond motifs is 1. The molecule has 0 saturated carbocycles. The summed E-state index contributed by atoms with van der Waals surface area (Å²) in [5, 5.41) is 8.29. The number of aryl methyl sites for hydroxylation is 1. The van der Waals surface area contributed by atoms with Gasteiger partial charge in [-0.05, 0) is 31.0 Å². The van der Waals surface area contributed by atoms with Gasteiger partial charge in [-0.15, -0.1) is 11.3 Å². The van der Waals surface area contributed by atoms with Crippen molar-refractivity contribution in [1.82, 2.24) is 15.1 Å². The van der Waals surface area contributed by atoms with Gasteiger partial charge in [-0.1, -0.05) is 32.0 Å². The van der Waals surface area contributed by atoms with Crippen molar-refractivity contribution in [2.45, 2.75) is 26.8 Å². The molecule has 26 heavy (non-hydrogen) atoms. The lowest BCUT2D eigenvalue weighted by Crippen LogP contribution is -2.44. The number of methoxy groups -OCH3 is 1. The van der Waals surface area contributed by atoms with E-state index in [1.807, 2.05) is 61.9 Å². The van der Waals surface area contributed by atoms with E-state index in [0.29, 0.717) is 4.88 Å². The van der Waals surface area contributed by atoms with Crippen LogP contribution in [0.3, 0.4) is 0 Å². The predicted molar refractivity (Wildman–Crippen MR) is 102 cm³/mol. The van der Waals surface area contributed by atoms with Crippen LogP contribution in [0.1, 0.15) is 29.2 Å². The third-order valence-electron chi connectivity index (χ3n) is 4.18. The van der Waals surface area contributed by atoms with Gasteiger partial charge in [0.1, 0.15) is 10.9 Å². The number of esters is 1. The van der Waals surface area contributed by atoms with Gasteiger partial charge in [-0.25, -0.2) is 9.48 Å². The third kappa shape index (κ3) is 3.35. The Kier molecular flexibility index (Phi) is 5.08. The first-order valence-corrected chi connectivity index (χ1v) is 9.17. The fourth-order valence-corrected chi connectivity index (χ4v) is 3.83. The minimum absolute atomic E-state index is 0.0673. The maximum Gasteiger partial charge on any atom is 0.328 e. The number of hydrogen-bond donors (Lipinski definition) is 1. The average molecular weight is 371 g/mol. The van der Waals surface area contributed by atoms with Gasteiger partial charge in [0.2, 0.25) is 0 Å². The minimum atomic E-state index is -0.676. The smallest absolute Gasteiger partial charge is 0.328 e. The molecule has 2 aromatic heterocycles. The molecular weight excluding hydrogens is 350 g/mol. The first-order valence-electron chi connectivity index (χ1n) is 8.35. The summed E-state index contributed by atoms with van der Waals surface area (Å²) < 4.78 is 6.63. The predicted octanol–water partition coefficient (Wildman–Crippen LogP) is 3.32. The molecule has 0 spiro atoms. The number of rotatable bonds is 5. The Morgan fingerprint density at radius 3 is 2.54 bits per heavy atom. The van der Waals surface area contributed by atoms with Crippen LogP contribution in [0.4, 0.5) is 0 Å². The molecule has 0 aliphatic carbocycles. The summed E-state index contributed by atoms with van der Waals surface area (Å²) in [4.78, 5) is 26.0. The second kappa shape index (κ2) is 7.29. The van der Waals surface area contributed by atoms with E-state index in [1.165, 1.54) is 18.4 Å². The maximum absolute atomic E-state index is 12.7. The Morgan fingerprint density at radius 2 is 1.92 bits per heavy atom. The first kappa shape index (κ1) is 18.1. The maximum atomic E-state index is 12.7. The van der Waals surface area contributed by atoms with Crippen molar-refractivity contribution in [2.24, 2.45) is 5.92 Å². The van der Waals surface area contributed by atoms with Crippen LogP contribution in [0, 0.1) is 12.8 Å². The number of amides is 1. The van der Waals surface area contributed by atoms with E-state index in [1.54, 1.807) is 0 Å². The van der Waals surface area contributed by atoms with Crippen LogP contribution >= 0.6 is 11.3 Å². The molecule has 3 rings (SSSR count). The van der Waals surface area contributed by atoms with Gasteiger partial charge < -0.3 is 10.1 Å². The molecule has 6 nitrogen and oxygen atoms in total. The van der Waals surface area contributed by atoms with Crippen molar-refractivity contribution in [1.29, 1.82) is 0 Å². The molecule has 1 amide bonds. The van der Waals surface area contributed by atoms with Crippen LogP contribution in [-0.4, -0.2) is 34.8 Å². The lowest BCUT2D eigenvalue weighted by Gasteiger charge is -2.19. The zero-order chi connectivity index (χ0) is 18.8. The first-order chi connectivity index (χ1) is 12.4. The number of carbonyl (C=O) groups excluding carboxylic acids is 2. The molecule has 1 atom stereocenters. The van der Waals surface area contributed by atoms with E-state index in [2.05, 4.69) is 10.4 Å². The highest BCUT2D eigenvalue weighted by atomic mass is 32.1. The zero-order valence-corrected chi connectivity index (χ0v) is 16.0. The summed E-state index contributed by atoms with van der Waals surface area (Å²) in [7, 11) is 1.32. The molecule has 0 unspecified atom stereocenters. The summed E-state index contributed by atoms with van der Waals surface area (Å²) in [5.74, 6) is -0.794. The molecule has 1 N–H and O–H groups in total. The molecular formula is C19H21N3O3S. The van der Waals surface area contributed by atoms with Crippen LogP contribution in [-0.2, 0) is 9.53 Å². The van der Waals surface area contributed by atoms with Crippen molar-refractivity contribution in [3.05, 3.63) is 47.0 Å². The lowest BCUT2D eigenvalue weighted by molar-refractivity contribution is -0.144. The lowest BCUT2D eigenvalue weighted by atomic mass is 10.0. The molecule has 7 heteroatoms. The summed E-state index contributed by atoms with van der Waals surface area (Å²) in [6, 6.07) is 10.9. The van der Waals surface area contributed by atoms with Crippen molar-refractivity contribution in [3.8, 4) is 5.69 Å². The highest BCUT2D eigenvalue weighted by Crippen LogP contribution is 2.30. The average Bonchev–Trinajstić information content (AvgIpc) is 3.20. The van der Waals surface area contributed by atoms with Gasteiger partial charge in [0.25, 0.3) is 5.91 Å². The number of aromatic nitrogens is 2. The number of nitrogens with zero attached hydrogens (tertiary/aromatic N) is 2. The molecule has 0 fully saturated rings. The van der Waals surface area contributed by atoms with Crippen LogP contribution < -0.4 is 5.32 Å². The van der Waals surface area contributed by atoms with Crippen LogP contribution in [0.5, 0.6) is 0 Å². The zero-order valence-electron chi connectivity index (χ0n) is 15.1. The Bertz CT molecular complexity index is 944. The summed E-state index contributed by atoms with van der Waals surface area (Å²) in [5.41, 5.74) is 1.79. The normalized spacial score (nSPS) is 12.3. The molecule has 1 aromatic carbocycles. The van der Waals surface area contributed by atoms with E-state index >= 15 is 0 Å². The molecule has 2 heterocycles. The Morgan fingerprint density at radius 1 is 1.23 bits per heavy atom. The molecule has 0 aliphatic rings. The second-order valence-corrected chi connectivity index (χ2v) is 7.41. The van der Waals surface area contributed by atoms with E-state index < -0.39 is 12.0 Å². The topological polar surface area (TPSA) is 73.2 Å². The van der Waals surface area contributed by atoms with Crippen molar-refractivity contribution < 1.29 is 14.3 Å². The Labute approximate surface area is 155 Å². The van der Waals surface area contributed by atoms with Gasteiger partial charge in [0.15, 0.2) is 0 Å². The third-order valence-corrected chi connectivity index (χ3v) is 5.29. The standard InChI is InChI=1S/C19H21N3O3S/c1-11(2)16(19(24)25-4)20-17(23)15-10-14-12(3)21-22(18(14)26-15)13-8-6-5-7-9-13/h5-11,16H,1-4H3,(H,20,23)/t16-/m1/s1. The van der Waals surface area contributed by atoms with E-state index in [0.717, 1.165) is 21.6 Å². The molecule has 0 saturated heterocycles. The molecule has 0 bridgehead atoms. The van der Waals surface area contributed by atoms with E-state index in [9.17, 15) is 9.59 Å². The van der Waals surface area contributed by atoms with Crippen LogP contribution in [0.2, 0.25) is 0 Å². The molecule has 3 aromatic rings. The van der Waals surface area contributed by atoms with Crippen LogP contribution in [0.25, 0.3) is 15.9 Å². The molecule has 136 valence electrons. The number of nitrogens with one attached hydrogen (secondary N) is 1. The molecule has 0 radical (unpaired) electrons. The number of hydrogen-bond acceptors (Lipinski definition) is 5. The van der Waals surface area contributed by atoms with Gasteiger partial charge in [-0.3, -0.25) is 4.79 Å². The van der Waals surface area contributed by atoms with Gasteiger partial charge in [0.05, 0.1) is 23.4 Å². The van der Waals surface area contributed by atoms with Crippen molar-refractivity contribution >= 4 is 33.4 Å². The number of carbonyl (C=O) groups is 2. The largest absolute Gasteiger partial charge is 0.467 e. The summed E-state index contributed by atoms with van der Waals surface area (Å²) >= 11 is 1.36.